The molecule has 0 aliphatic heterocycles. The molecular formula is C13H20O3. The van der Waals surface area contributed by atoms with Crippen molar-refractivity contribution in [3.05, 3.63) is 36.5 Å². The van der Waals surface area contributed by atoms with Gasteiger partial charge in [0.25, 0.3) is 0 Å². The lowest BCUT2D eigenvalue weighted by atomic mass is 10.0. The van der Waals surface area contributed by atoms with Gasteiger partial charge in [-0.3, -0.25) is 0 Å². The van der Waals surface area contributed by atoms with Crippen LogP contribution >= 0.6 is 0 Å². The molecule has 0 amide bonds. The normalized spacial score (nSPS) is 23.7. The predicted octanol–water partition coefficient (Wildman–Crippen LogP) is 1.84. The maximum Gasteiger partial charge on any atom is 0.107 e. The van der Waals surface area contributed by atoms with Crippen LogP contribution in [0.5, 0.6) is 0 Å². The van der Waals surface area contributed by atoms with Crippen LogP contribution in [0.25, 0.3) is 0 Å². The molecule has 0 fully saturated rings. The topological polar surface area (TPSA) is 38.7 Å². The van der Waals surface area contributed by atoms with Gasteiger partial charge >= 0.3 is 0 Å². The summed E-state index contributed by atoms with van der Waals surface area (Å²) >= 11 is 0. The highest BCUT2D eigenvalue weighted by Crippen LogP contribution is 2.17. The van der Waals surface area contributed by atoms with E-state index in [0.29, 0.717) is 6.61 Å². The molecule has 0 spiro atoms. The van der Waals surface area contributed by atoms with Gasteiger partial charge in [-0.1, -0.05) is 24.3 Å². The van der Waals surface area contributed by atoms with E-state index in [2.05, 4.69) is 12.7 Å². The first-order valence-electron chi connectivity index (χ1n) is 5.42. The summed E-state index contributed by atoms with van der Waals surface area (Å²) in [6, 6.07) is 0. The lowest BCUT2D eigenvalue weighted by Gasteiger charge is -2.24. The van der Waals surface area contributed by atoms with Gasteiger partial charge in [-0.25, -0.2) is 0 Å². The van der Waals surface area contributed by atoms with Gasteiger partial charge in [-0.2, -0.15) is 0 Å². The molecule has 1 unspecified atom stereocenters. The van der Waals surface area contributed by atoms with Crippen molar-refractivity contribution in [3.63, 3.8) is 0 Å². The number of hydrogen-bond acceptors (Lipinski definition) is 3. The fraction of sp³-hybridized carbons (Fsp3) is 0.538. The predicted molar refractivity (Wildman–Crippen MR) is 64.3 cm³/mol. The van der Waals surface area contributed by atoms with Crippen molar-refractivity contribution in [1.29, 1.82) is 0 Å². The number of aliphatic hydroxyl groups excluding tert-OH is 1. The van der Waals surface area contributed by atoms with Gasteiger partial charge in [0.2, 0.25) is 0 Å². The largest absolute Gasteiger partial charge is 0.393 e. The van der Waals surface area contributed by atoms with Crippen LogP contribution in [0, 0.1) is 0 Å². The second kappa shape index (κ2) is 5.99. The number of methoxy groups -OCH3 is 1. The quantitative estimate of drug-likeness (QED) is 0.700. The van der Waals surface area contributed by atoms with Gasteiger partial charge in [0, 0.05) is 7.11 Å². The maximum absolute atomic E-state index is 9.14. The molecule has 0 saturated heterocycles. The van der Waals surface area contributed by atoms with Crippen molar-refractivity contribution in [2.75, 3.05) is 20.3 Å². The Kier molecular flexibility index (Phi) is 4.93. The minimum Gasteiger partial charge on any atom is -0.393 e. The van der Waals surface area contributed by atoms with E-state index < -0.39 is 5.60 Å². The van der Waals surface area contributed by atoms with Crippen molar-refractivity contribution in [2.24, 2.45) is 0 Å². The Morgan fingerprint density at radius 2 is 2.44 bits per heavy atom. The van der Waals surface area contributed by atoms with Crippen LogP contribution in [0.1, 0.15) is 13.3 Å². The molecule has 2 atom stereocenters. The molecule has 3 heteroatoms. The van der Waals surface area contributed by atoms with Gasteiger partial charge in [-0.05, 0) is 18.9 Å². The van der Waals surface area contributed by atoms with Crippen LogP contribution in [0.4, 0.5) is 0 Å². The van der Waals surface area contributed by atoms with Gasteiger partial charge < -0.3 is 14.6 Å². The van der Waals surface area contributed by atoms with Gasteiger partial charge in [0.1, 0.15) is 5.60 Å². The number of ether oxygens (including phenoxy) is 2. The first kappa shape index (κ1) is 13.2. The van der Waals surface area contributed by atoms with E-state index in [0.717, 1.165) is 12.0 Å². The van der Waals surface area contributed by atoms with Gasteiger partial charge in [0.05, 0.1) is 19.3 Å². The molecule has 0 saturated carbocycles. The van der Waals surface area contributed by atoms with Crippen molar-refractivity contribution in [2.45, 2.75) is 25.0 Å². The monoisotopic (exact) mass is 224 g/mol. The molecule has 1 aliphatic rings. The van der Waals surface area contributed by atoms with E-state index in [1.165, 1.54) is 0 Å². The standard InChI is InChI=1S/C13H20O3/c1-4-13(2,10-14)16-9-11-5-7-12(15-3)8-6-11/h4-7,12,14H,1,8-10H2,2-3H3/t12?,13-/m0/s1. The SMILES string of the molecule is C=C[C@@](C)(CO)OCC1=CCC(OC)C=C1. The van der Waals surface area contributed by atoms with Crippen LogP contribution in [-0.4, -0.2) is 37.1 Å². The zero-order chi connectivity index (χ0) is 12.0. The summed E-state index contributed by atoms with van der Waals surface area (Å²) in [7, 11) is 1.70. The van der Waals surface area contributed by atoms with Crippen LogP contribution in [0.15, 0.2) is 36.5 Å². The molecule has 1 aliphatic carbocycles. The zero-order valence-electron chi connectivity index (χ0n) is 9.98. The van der Waals surface area contributed by atoms with E-state index in [1.807, 2.05) is 19.1 Å². The fourth-order valence-electron chi connectivity index (χ4n) is 1.34. The van der Waals surface area contributed by atoms with E-state index in [-0.39, 0.29) is 12.7 Å². The Morgan fingerprint density at radius 1 is 1.69 bits per heavy atom. The van der Waals surface area contributed by atoms with Crippen molar-refractivity contribution in [1.82, 2.24) is 0 Å². The average molecular weight is 224 g/mol. The molecule has 0 radical (unpaired) electrons. The Labute approximate surface area is 97.1 Å². The molecule has 1 rings (SSSR count). The second-order valence-electron chi connectivity index (χ2n) is 4.11. The van der Waals surface area contributed by atoms with Gasteiger partial charge in [-0.15, -0.1) is 6.58 Å². The lowest BCUT2D eigenvalue weighted by molar-refractivity contribution is -0.0206. The minimum atomic E-state index is -0.660. The van der Waals surface area contributed by atoms with E-state index in [4.69, 9.17) is 14.6 Å². The smallest absolute Gasteiger partial charge is 0.107 e. The lowest BCUT2D eigenvalue weighted by Crippen LogP contribution is -2.31. The van der Waals surface area contributed by atoms with E-state index in [9.17, 15) is 0 Å². The Bertz CT molecular complexity index is 294. The summed E-state index contributed by atoms with van der Waals surface area (Å²) in [6.45, 7) is 5.88. The van der Waals surface area contributed by atoms with Crippen LogP contribution in [0.2, 0.25) is 0 Å². The third-order valence-electron chi connectivity index (χ3n) is 2.75. The van der Waals surface area contributed by atoms with E-state index in [1.54, 1.807) is 13.2 Å². The summed E-state index contributed by atoms with van der Waals surface area (Å²) in [6.07, 6.45) is 8.77. The Balaban J connectivity index is 2.43. The molecule has 0 aromatic carbocycles. The fourth-order valence-corrected chi connectivity index (χ4v) is 1.34. The summed E-state index contributed by atoms with van der Waals surface area (Å²) in [5, 5.41) is 9.14. The summed E-state index contributed by atoms with van der Waals surface area (Å²) in [5.41, 5.74) is 0.446. The third kappa shape index (κ3) is 3.59. The molecular weight excluding hydrogens is 204 g/mol. The Morgan fingerprint density at radius 3 is 2.88 bits per heavy atom. The summed E-state index contributed by atoms with van der Waals surface area (Å²) in [4.78, 5) is 0. The minimum absolute atomic E-state index is 0.0613. The Hall–Kier alpha value is -0.900. The van der Waals surface area contributed by atoms with E-state index >= 15 is 0 Å². The highest BCUT2D eigenvalue weighted by molar-refractivity contribution is 5.25. The molecule has 0 bridgehead atoms. The van der Waals surface area contributed by atoms with Crippen molar-refractivity contribution in [3.8, 4) is 0 Å². The molecule has 90 valence electrons. The molecule has 0 aromatic rings. The first-order valence-corrected chi connectivity index (χ1v) is 5.42. The molecule has 0 heterocycles. The summed E-state index contributed by atoms with van der Waals surface area (Å²) in [5.74, 6) is 0. The zero-order valence-corrected chi connectivity index (χ0v) is 9.98. The highest BCUT2D eigenvalue weighted by Gasteiger charge is 2.20. The number of hydrogen-bond donors (Lipinski definition) is 1. The average Bonchev–Trinajstić information content (AvgIpc) is 2.36. The molecule has 16 heavy (non-hydrogen) atoms. The number of rotatable bonds is 6. The number of aliphatic hydroxyl groups is 1. The van der Waals surface area contributed by atoms with Crippen LogP contribution in [0.3, 0.4) is 0 Å². The highest BCUT2D eigenvalue weighted by atomic mass is 16.5. The molecule has 1 N–H and O–H groups in total. The van der Waals surface area contributed by atoms with Crippen LogP contribution in [-0.2, 0) is 9.47 Å². The third-order valence-corrected chi connectivity index (χ3v) is 2.75. The maximum atomic E-state index is 9.14. The van der Waals surface area contributed by atoms with Gasteiger partial charge in [0.15, 0.2) is 0 Å². The van der Waals surface area contributed by atoms with Crippen molar-refractivity contribution >= 4 is 0 Å². The molecule has 0 aromatic heterocycles. The second-order valence-corrected chi connectivity index (χ2v) is 4.11. The first-order chi connectivity index (χ1) is 7.63. The summed E-state index contributed by atoms with van der Waals surface area (Å²) < 4.78 is 10.8. The van der Waals surface area contributed by atoms with Crippen molar-refractivity contribution < 1.29 is 14.6 Å². The molecule has 3 nitrogen and oxygen atoms in total. The van der Waals surface area contributed by atoms with Crippen LogP contribution < -0.4 is 0 Å².